The molecule has 2 amide bonds. The Hall–Kier alpha value is -0.950. The summed E-state index contributed by atoms with van der Waals surface area (Å²) in [6, 6.07) is 0. The van der Waals surface area contributed by atoms with E-state index in [0.717, 1.165) is 25.0 Å². The molecular weight excluding hydrogens is 392 g/mol. The van der Waals surface area contributed by atoms with Crippen LogP contribution in [0.3, 0.4) is 0 Å². The van der Waals surface area contributed by atoms with Crippen molar-refractivity contribution in [2.45, 2.75) is 72.0 Å². The van der Waals surface area contributed by atoms with Gasteiger partial charge in [0.25, 0.3) is 0 Å². The Balaban J connectivity index is 3.72. The fourth-order valence-electron chi connectivity index (χ4n) is 2.54. The second-order valence-electron chi connectivity index (χ2n) is 7.13. The van der Waals surface area contributed by atoms with Gasteiger partial charge in [0, 0.05) is 48.8 Å². The van der Waals surface area contributed by atoms with Crippen molar-refractivity contribution in [1.82, 2.24) is 10.6 Å². The first-order chi connectivity index (χ1) is 13.3. The van der Waals surface area contributed by atoms with E-state index in [4.69, 9.17) is 0 Å². The number of hydrogen-bond donors (Lipinski definition) is 2. The maximum Gasteiger partial charge on any atom is 0.222 e. The minimum absolute atomic E-state index is 0.00103. The number of carbonyl (C=O) groups is 3. The summed E-state index contributed by atoms with van der Waals surface area (Å²) in [7, 11) is 3.48. The number of nitrogens with one attached hydrogen (secondary N) is 2. The number of Topliss-reactive ketones (excluding diaryl/α,β-unsaturated/α-hetero) is 1. The summed E-state index contributed by atoms with van der Waals surface area (Å²) in [6.07, 6.45) is 7.34. The normalized spacial score (nSPS) is 14.5. The highest BCUT2D eigenvalue weighted by Gasteiger charge is 2.12. The molecule has 0 aromatic rings. The van der Waals surface area contributed by atoms with Gasteiger partial charge in [-0.05, 0) is 19.8 Å². The van der Waals surface area contributed by atoms with Gasteiger partial charge in [0.2, 0.25) is 11.8 Å². The zero-order valence-corrected chi connectivity index (χ0v) is 19.7. The Morgan fingerprint density at radius 1 is 1.00 bits per heavy atom. The van der Waals surface area contributed by atoms with Crippen LogP contribution in [-0.2, 0) is 14.4 Å². The second kappa shape index (κ2) is 17.0. The van der Waals surface area contributed by atoms with E-state index in [-0.39, 0.29) is 29.4 Å². The van der Waals surface area contributed by atoms with Gasteiger partial charge in [-0.15, -0.1) is 0 Å². The molecule has 0 aromatic heterocycles. The molecule has 0 spiro atoms. The third-order valence-electron chi connectivity index (χ3n) is 4.35. The Morgan fingerprint density at radius 3 is 2.36 bits per heavy atom. The van der Waals surface area contributed by atoms with Gasteiger partial charge in [0.1, 0.15) is 5.78 Å². The fourth-order valence-corrected chi connectivity index (χ4v) is 4.79. The monoisotopic (exact) mass is 430 g/mol. The lowest BCUT2D eigenvalue weighted by Gasteiger charge is -2.12. The number of allylic oxidation sites excluding steroid dienone is 2. The third-order valence-corrected chi connectivity index (χ3v) is 7.31. The van der Waals surface area contributed by atoms with Crippen molar-refractivity contribution < 1.29 is 14.4 Å². The smallest absolute Gasteiger partial charge is 0.222 e. The van der Waals surface area contributed by atoms with Crippen LogP contribution < -0.4 is 10.6 Å². The molecule has 0 aromatic carbocycles. The maximum absolute atomic E-state index is 11.9. The highest BCUT2D eigenvalue weighted by atomic mass is 33.1. The number of rotatable bonds is 16. The third kappa shape index (κ3) is 14.1. The molecule has 28 heavy (non-hydrogen) atoms. The van der Waals surface area contributed by atoms with Gasteiger partial charge in [-0.3, -0.25) is 14.4 Å². The molecular formula is C21H38N2O3S2. The number of carbonyl (C=O) groups excluding carboxylic acids is 3. The first-order valence-corrected chi connectivity index (χ1v) is 12.7. The summed E-state index contributed by atoms with van der Waals surface area (Å²) < 4.78 is 0. The molecule has 0 fully saturated rings. The van der Waals surface area contributed by atoms with Crippen molar-refractivity contribution >= 4 is 39.2 Å². The summed E-state index contributed by atoms with van der Waals surface area (Å²) >= 11 is 0. The van der Waals surface area contributed by atoms with Crippen molar-refractivity contribution in [3.05, 3.63) is 12.2 Å². The summed E-state index contributed by atoms with van der Waals surface area (Å²) in [4.78, 5) is 35.5. The second-order valence-corrected chi connectivity index (χ2v) is 10.1. The molecule has 5 nitrogen and oxygen atoms in total. The molecule has 0 aliphatic carbocycles. The van der Waals surface area contributed by atoms with Crippen LogP contribution >= 0.6 is 21.6 Å². The van der Waals surface area contributed by atoms with E-state index in [1.165, 1.54) is 0 Å². The molecule has 0 heterocycles. The van der Waals surface area contributed by atoms with Crippen molar-refractivity contribution in [2.24, 2.45) is 11.8 Å². The molecule has 0 saturated carbocycles. The lowest BCUT2D eigenvalue weighted by Crippen LogP contribution is -2.30. The van der Waals surface area contributed by atoms with E-state index >= 15 is 0 Å². The first kappa shape index (κ1) is 27.0. The van der Waals surface area contributed by atoms with E-state index in [2.05, 4.69) is 24.5 Å². The fraction of sp³-hybridized carbons (Fsp3) is 0.762. The first-order valence-electron chi connectivity index (χ1n) is 10.3. The largest absolute Gasteiger partial charge is 0.356 e. The van der Waals surface area contributed by atoms with E-state index in [0.29, 0.717) is 31.2 Å². The Bertz CT molecular complexity index is 498. The molecule has 0 aliphatic rings. The zero-order chi connectivity index (χ0) is 21.4. The lowest BCUT2D eigenvalue weighted by molar-refractivity contribution is -0.125. The molecule has 7 heteroatoms. The summed E-state index contributed by atoms with van der Waals surface area (Å²) in [5, 5.41) is 6.16. The molecule has 0 rings (SSSR count). The van der Waals surface area contributed by atoms with Gasteiger partial charge in [-0.1, -0.05) is 67.9 Å². The molecule has 162 valence electrons. The minimum Gasteiger partial charge on any atom is -0.356 e. The van der Waals surface area contributed by atoms with Crippen LogP contribution in [0, 0.1) is 11.8 Å². The molecule has 0 bridgehead atoms. The Kier molecular flexibility index (Phi) is 16.4. The van der Waals surface area contributed by atoms with Crippen LogP contribution in [0.2, 0.25) is 0 Å². The highest BCUT2D eigenvalue weighted by molar-refractivity contribution is 8.76. The van der Waals surface area contributed by atoms with Crippen LogP contribution in [0.25, 0.3) is 0 Å². The minimum atomic E-state index is -0.0880. The van der Waals surface area contributed by atoms with Crippen molar-refractivity contribution in [3.63, 3.8) is 0 Å². The van der Waals surface area contributed by atoms with E-state index in [9.17, 15) is 14.4 Å². The van der Waals surface area contributed by atoms with Crippen molar-refractivity contribution in [2.75, 3.05) is 18.8 Å². The van der Waals surface area contributed by atoms with Gasteiger partial charge in [-0.25, -0.2) is 0 Å². The number of amides is 2. The zero-order valence-electron chi connectivity index (χ0n) is 18.1. The quantitative estimate of drug-likeness (QED) is 0.216. The van der Waals surface area contributed by atoms with E-state index < -0.39 is 0 Å². The van der Waals surface area contributed by atoms with Crippen molar-refractivity contribution in [3.8, 4) is 0 Å². The molecule has 3 unspecified atom stereocenters. The van der Waals surface area contributed by atoms with Gasteiger partial charge in [-0.2, -0.15) is 0 Å². The SMILES string of the molecule is CC=CC(C)C(=O)CCNC(=O)CCC(C)SSCCNC(=O)C(C)CCC. The molecule has 0 saturated heterocycles. The average Bonchev–Trinajstić information content (AvgIpc) is 2.66. The van der Waals surface area contributed by atoms with Crippen LogP contribution in [-0.4, -0.2) is 41.7 Å². The predicted octanol–water partition coefficient (Wildman–Crippen LogP) is 4.38. The Morgan fingerprint density at radius 2 is 1.71 bits per heavy atom. The van der Waals surface area contributed by atoms with Crippen LogP contribution in [0.15, 0.2) is 12.2 Å². The van der Waals surface area contributed by atoms with Crippen molar-refractivity contribution in [1.29, 1.82) is 0 Å². The highest BCUT2D eigenvalue weighted by Crippen LogP contribution is 2.28. The molecule has 2 N–H and O–H groups in total. The predicted molar refractivity (Wildman–Crippen MR) is 122 cm³/mol. The van der Waals surface area contributed by atoms with Gasteiger partial charge >= 0.3 is 0 Å². The molecule has 0 radical (unpaired) electrons. The summed E-state index contributed by atoms with van der Waals surface area (Å²) in [6.45, 7) is 11.0. The van der Waals surface area contributed by atoms with E-state index in [1.807, 2.05) is 32.9 Å². The van der Waals surface area contributed by atoms with Gasteiger partial charge in [0.15, 0.2) is 0 Å². The van der Waals surface area contributed by atoms with Crippen LogP contribution in [0.1, 0.15) is 66.7 Å². The standard InChI is InChI=1S/C21H38N2O3S2/c1-6-8-16(3)19(24)12-13-22-20(25)11-10-18(5)28-27-15-14-23-21(26)17(4)9-7-2/h6,8,16-18H,7,9-15H2,1-5H3,(H,22,25)(H,23,26). The topological polar surface area (TPSA) is 75.3 Å². The van der Waals surface area contributed by atoms with Crippen LogP contribution in [0.5, 0.6) is 0 Å². The van der Waals surface area contributed by atoms with Crippen LogP contribution in [0.4, 0.5) is 0 Å². The maximum atomic E-state index is 11.9. The summed E-state index contributed by atoms with van der Waals surface area (Å²) in [5.74, 6) is 1.14. The molecule has 0 aliphatic heterocycles. The van der Waals surface area contributed by atoms with E-state index in [1.54, 1.807) is 21.6 Å². The number of ketones is 1. The lowest BCUT2D eigenvalue weighted by atomic mass is 10.0. The summed E-state index contributed by atoms with van der Waals surface area (Å²) in [5.41, 5.74) is 0. The van der Waals surface area contributed by atoms with Gasteiger partial charge < -0.3 is 10.6 Å². The number of hydrogen-bond acceptors (Lipinski definition) is 5. The molecule has 3 atom stereocenters. The average molecular weight is 431 g/mol. The van der Waals surface area contributed by atoms with Gasteiger partial charge in [0.05, 0.1) is 0 Å². The Labute approximate surface area is 179 Å².